The van der Waals surface area contributed by atoms with Crippen LogP contribution in [0.15, 0.2) is 43.0 Å². The molecule has 31 heavy (non-hydrogen) atoms. The molecule has 1 aromatic carbocycles. The normalized spacial score (nSPS) is 16.6. The highest BCUT2D eigenvalue weighted by Gasteiger charge is 2.27. The summed E-state index contributed by atoms with van der Waals surface area (Å²) in [6, 6.07) is 7.74. The fraction of sp³-hybridized carbons (Fsp3) is 0.522. The number of amides is 3. The molecule has 2 heterocycles. The molecule has 0 aliphatic carbocycles. The molecule has 1 aliphatic rings. The highest BCUT2D eigenvalue weighted by molar-refractivity contribution is 5.89. The lowest BCUT2D eigenvalue weighted by Crippen LogP contribution is -2.46. The number of nitrogens with one attached hydrogen (secondary N) is 1. The van der Waals surface area contributed by atoms with E-state index in [-0.39, 0.29) is 18.0 Å². The summed E-state index contributed by atoms with van der Waals surface area (Å²) >= 11 is 0. The smallest absolute Gasteiger partial charge is 0.410 e. The highest BCUT2D eigenvalue weighted by Crippen LogP contribution is 2.20. The van der Waals surface area contributed by atoms with Gasteiger partial charge in [0.2, 0.25) is 0 Å². The van der Waals surface area contributed by atoms with E-state index in [0.29, 0.717) is 13.1 Å². The molecule has 0 saturated carbocycles. The molecule has 3 rings (SSSR count). The zero-order chi connectivity index (χ0) is 22.4. The molecule has 0 spiro atoms. The number of anilines is 1. The number of aromatic nitrogens is 2. The molecule has 1 N–H and O–H groups in total. The summed E-state index contributed by atoms with van der Waals surface area (Å²) in [4.78, 5) is 32.5. The summed E-state index contributed by atoms with van der Waals surface area (Å²) in [6.45, 7) is 8.23. The van der Waals surface area contributed by atoms with Crippen LogP contribution in [-0.4, -0.2) is 63.8 Å². The maximum absolute atomic E-state index is 12.8. The Morgan fingerprint density at radius 3 is 2.65 bits per heavy atom. The van der Waals surface area contributed by atoms with E-state index in [9.17, 15) is 9.59 Å². The van der Waals surface area contributed by atoms with Crippen LogP contribution in [0.25, 0.3) is 0 Å². The summed E-state index contributed by atoms with van der Waals surface area (Å²) < 4.78 is 7.42. The van der Waals surface area contributed by atoms with Gasteiger partial charge in [-0.05, 0) is 57.2 Å². The summed E-state index contributed by atoms with van der Waals surface area (Å²) in [7, 11) is 1.75. The van der Waals surface area contributed by atoms with E-state index in [1.165, 1.54) is 0 Å². The number of nitrogens with zero attached hydrogens (tertiary/aromatic N) is 4. The number of likely N-dealkylation sites (tertiary alicyclic amines) is 1. The van der Waals surface area contributed by atoms with Gasteiger partial charge >= 0.3 is 12.1 Å². The number of piperidine rings is 1. The molecule has 8 heteroatoms. The largest absolute Gasteiger partial charge is 0.444 e. The molecule has 1 aliphatic heterocycles. The minimum atomic E-state index is -0.516. The summed E-state index contributed by atoms with van der Waals surface area (Å²) in [5, 5.41) is 2.99. The summed E-state index contributed by atoms with van der Waals surface area (Å²) in [5.41, 5.74) is 1.39. The Bertz CT molecular complexity index is 858. The maximum Gasteiger partial charge on any atom is 0.410 e. The van der Waals surface area contributed by atoms with E-state index < -0.39 is 5.60 Å². The van der Waals surface area contributed by atoms with Crippen molar-refractivity contribution in [3.05, 3.63) is 48.5 Å². The van der Waals surface area contributed by atoms with Gasteiger partial charge in [-0.15, -0.1) is 0 Å². The minimum absolute atomic E-state index is 0.105. The van der Waals surface area contributed by atoms with Gasteiger partial charge in [0.25, 0.3) is 0 Å². The molecule has 8 nitrogen and oxygen atoms in total. The van der Waals surface area contributed by atoms with Crippen LogP contribution in [0, 0.1) is 5.92 Å². The van der Waals surface area contributed by atoms with E-state index in [2.05, 4.69) is 10.3 Å². The zero-order valence-corrected chi connectivity index (χ0v) is 18.9. The van der Waals surface area contributed by atoms with Crippen molar-refractivity contribution in [2.75, 3.05) is 32.0 Å². The maximum atomic E-state index is 12.8. The van der Waals surface area contributed by atoms with Crippen molar-refractivity contribution in [3.63, 3.8) is 0 Å². The van der Waals surface area contributed by atoms with Crippen LogP contribution in [0.3, 0.4) is 0 Å². The first-order valence-corrected chi connectivity index (χ1v) is 10.7. The number of carbonyl (C=O) groups is 2. The fourth-order valence-corrected chi connectivity index (χ4v) is 3.69. The van der Waals surface area contributed by atoms with Crippen molar-refractivity contribution < 1.29 is 14.3 Å². The van der Waals surface area contributed by atoms with Gasteiger partial charge < -0.3 is 24.4 Å². The molecule has 1 unspecified atom stereocenters. The van der Waals surface area contributed by atoms with Crippen LogP contribution in [0.5, 0.6) is 0 Å². The highest BCUT2D eigenvalue weighted by atomic mass is 16.6. The van der Waals surface area contributed by atoms with E-state index in [1.807, 2.05) is 60.7 Å². The lowest BCUT2D eigenvalue weighted by atomic mass is 9.98. The third kappa shape index (κ3) is 7.01. The SMILES string of the molecule is CN(CC1CCCN(C(=O)Nc2ccc(Cn3ccnc3)cc2)C1)C(=O)OC(C)(C)C. The third-order valence-corrected chi connectivity index (χ3v) is 5.17. The molecule has 1 aromatic heterocycles. The van der Waals surface area contributed by atoms with Gasteiger partial charge in [0, 0.05) is 51.3 Å². The Kier molecular flexibility index (Phi) is 7.20. The number of imidazole rings is 1. The quantitative estimate of drug-likeness (QED) is 0.781. The van der Waals surface area contributed by atoms with Gasteiger partial charge in [0.1, 0.15) is 5.60 Å². The number of urea groups is 1. The van der Waals surface area contributed by atoms with Gasteiger partial charge in [0.05, 0.1) is 6.33 Å². The van der Waals surface area contributed by atoms with Crippen molar-refractivity contribution >= 4 is 17.8 Å². The summed E-state index contributed by atoms with van der Waals surface area (Å²) in [5.74, 6) is 0.231. The molecule has 0 radical (unpaired) electrons. The number of carbonyl (C=O) groups excluding carboxylic acids is 2. The Balaban J connectivity index is 1.49. The molecule has 0 bridgehead atoms. The molecule has 1 atom stereocenters. The van der Waals surface area contributed by atoms with Crippen molar-refractivity contribution in [2.24, 2.45) is 5.92 Å². The van der Waals surface area contributed by atoms with Gasteiger partial charge in [-0.1, -0.05) is 12.1 Å². The monoisotopic (exact) mass is 427 g/mol. The molecular weight excluding hydrogens is 394 g/mol. The van der Waals surface area contributed by atoms with E-state index in [4.69, 9.17) is 4.74 Å². The predicted octanol–water partition coefficient (Wildman–Crippen LogP) is 4.04. The van der Waals surface area contributed by atoms with Crippen LogP contribution < -0.4 is 5.32 Å². The molecule has 168 valence electrons. The fourth-order valence-electron chi connectivity index (χ4n) is 3.69. The standard InChI is InChI=1S/C23H33N5O3/c1-23(2,3)31-22(30)26(4)14-19-6-5-12-28(16-19)21(29)25-20-9-7-18(8-10-20)15-27-13-11-24-17-27/h7-11,13,17,19H,5-6,12,14-16H2,1-4H3,(H,25,29). The van der Waals surface area contributed by atoms with Crippen molar-refractivity contribution in [1.29, 1.82) is 0 Å². The average molecular weight is 428 g/mol. The first-order valence-electron chi connectivity index (χ1n) is 10.7. The number of ether oxygens (including phenoxy) is 1. The first kappa shape index (κ1) is 22.7. The Labute approximate surface area is 184 Å². The molecule has 3 amide bonds. The average Bonchev–Trinajstić information content (AvgIpc) is 3.21. The zero-order valence-electron chi connectivity index (χ0n) is 18.9. The number of hydrogen-bond donors (Lipinski definition) is 1. The second-order valence-electron chi connectivity index (χ2n) is 9.18. The van der Waals surface area contributed by atoms with Gasteiger partial charge in [-0.25, -0.2) is 14.6 Å². The molecule has 2 aromatic rings. The Hall–Kier alpha value is -3.03. The van der Waals surface area contributed by atoms with Crippen LogP contribution >= 0.6 is 0 Å². The third-order valence-electron chi connectivity index (χ3n) is 5.17. The van der Waals surface area contributed by atoms with Crippen molar-refractivity contribution in [3.8, 4) is 0 Å². The van der Waals surface area contributed by atoms with E-state index >= 15 is 0 Å². The van der Waals surface area contributed by atoms with Gasteiger partial charge in [0.15, 0.2) is 0 Å². The van der Waals surface area contributed by atoms with Crippen LogP contribution in [0.1, 0.15) is 39.2 Å². The predicted molar refractivity (Wildman–Crippen MR) is 120 cm³/mol. The minimum Gasteiger partial charge on any atom is -0.444 e. The molecule has 1 fully saturated rings. The van der Waals surface area contributed by atoms with Gasteiger partial charge in [-0.2, -0.15) is 0 Å². The molecule has 1 saturated heterocycles. The number of rotatable bonds is 5. The Morgan fingerprint density at radius 1 is 1.26 bits per heavy atom. The number of benzene rings is 1. The molecular formula is C23H33N5O3. The second kappa shape index (κ2) is 9.85. The number of hydrogen-bond acceptors (Lipinski definition) is 4. The van der Waals surface area contributed by atoms with Gasteiger partial charge in [-0.3, -0.25) is 0 Å². The second-order valence-corrected chi connectivity index (χ2v) is 9.18. The first-order chi connectivity index (χ1) is 14.7. The Morgan fingerprint density at radius 2 is 2.00 bits per heavy atom. The van der Waals surface area contributed by atoms with E-state index in [0.717, 1.165) is 37.2 Å². The lowest BCUT2D eigenvalue weighted by Gasteiger charge is -2.35. The van der Waals surface area contributed by atoms with Crippen LogP contribution in [0.4, 0.5) is 15.3 Å². The topological polar surface area (TPSA) is 79.7 Å². The lowest BCUT2D eigenvalue weighted by molar-refractivity contribution is 0.0253. The van der Waals surface area contributed by atoms with Crippen LogP contribution in [-0.2, 0) is 11.3 Å². The van der Waals surface area contributed by atoms with Crippen LogP contribution in [0.2, 0.25) is 0 Å². The summed E-state index contributed by atoms with van der Waals surface area (Å²) in [6.07, 6.45) is 7.03. The van der Waals surface area contributed by atoms with E-state index in [1.54, 1.807) is 24.5 Å². The van der Waals surface area contributed by atoms with Crippen molar-refractivity contribution in [1.82, 2.24) is 19.4 Å². The van der Waals surface area contributed by atoms with Crippen molar-refractivity contribution in [2.45, 2.75) is 45.8 Å².